The molecule has 0 saturated heterocycles. The fourth-order valence-corrected chi connectivity index (χ4v) is 2.92. The third-order valence-corrected chi connectivity index (χ3v) is 4.64. The number of unbranched alkanes of at least 4 members (excludes halogenated alkanes) is 1. The molecule has 3 heteroatoms. The Kier molecular flexibility index (Phi) is 6.11. The van der Waals surface area contributed by atoms with Crippen LogP contribution in [-0.4, -0.2) is 19.7 Å². The molecule has 0 heterocycles. The molecule has 1 fully saturated rings. The van der Waals surface area contributed by atoms with Crippen molar-refractivity contribution in [2.45, 2.75) is 38.5 Å². The second kappa shape index (κ2) is 8.70. The fourth-order valence-electron chi connectivity index (χ4n) is 2.92. The molecule has 3 rings (SSSR count). The Morgan fingerprint density at radius 1 is 1.12 bits per heavy atom. The summed E-state index contributed by atoms with van der Waals surface area (Å²) in [6.45, 7) is 2.97. The van der Waals surface area contributed by atoms with Crippen molar-refractivity contribution in [1.29, 1.82) is 0 Å². The third kappa shape index (κ3) is 4.75. The number of rotatable bonds is 8. The summed E-state index contributed by atoms with van der Waals surface area (Å²) in [5, 5.41) is 0. The average Bonchev–Trinajstić information content (AvgIpc) is 3.52. The highest BCUT2D eigenvalue weighted by atomic mass is 16.5. The normalized spacial score (nSPS) is 13.8. The molecule has 1 saturated carbocycles. The highest BCUT2D eigenvalue weighted by Crippen LogP contribution is 2.45. The van der Waals surface area contributed by atoms with E-state index < -0.39 is 0 Å². The number of benzene rings is 2. The minimum Gasteiger partial charge on any atom is -0.493 e. The molecule has 0 unspecified atom stereocenters. The Morgan fingerprint density at radius 2 is 1.85 bits per heavy atom. The molecule has 0 spiro atoms. The molecule has 26 heavy (non-hydrogen) atoms. The van der Waals surface area contributed by atoms with Crippen molar-refractivity contribution in [3.05, 3.63) is 59.7 Å². The first-order chi connectivity index (χ1) is 12.7. The van der Waals surface area contributed by atoms with Gasteiger partial charge in [0, 0.05) is 6.08 Å². The van der Waals surface area contributed by atoms with E-state index in [1.54, 1.807) is 6.08 Å². The summed E-state index contributed by atoms with van der Waals surface area (Å²) in [5.41, 5.74) is 4.69. The topological polar surface area (TPSA) is 35.5 Å². The summed E-state index contributed by atoms with van der Waals surface area (Å²) in [4.78, 5) is 11.2. The predicted molar refractivity (Wildman–Crippen MR) is 105 cm³/mol. The Bertz CT molecular complexity index is 771. The maximum absolute atomic E-state index is 11.2. The number of esters is 1. The summed E-state index contributed by atoms with van der Waals surface area (Å²) >= 11 is 0. The van der Waals surface area contributed by atoms with Gasteiger partial charge in [0.2, 0.25) is 0 Å². The van der Waals surface area contributed by atoms with E-state index in [2.05, 4.69) is 42.0 Å². The lowest BCUT2D eigenvalue weighted by atomic mass is 9.99. The van der Waals surface area contributed by atoms with Gasteiger partial charge in [-0.15, -0.1) is 0 Å². The zero-order valence-electron chi connectivity index (χ0n) is 15.5. The first kappa shape index (κ1) is 18.2. The predicted octanol–water partition coefficient (Wildman–Crippen LogP) is 5.60. The maximum Gasteiger partial charge on any atom is 0.330 e. The van der Waals surface area contributed by atoms with E-state index in [9.17, 15) is 4.79 Å². The summed E-state index contributed by atoms with van der Waals surface area (Å²) in [6, 6.07) is 14.7. The second-order valence-electron chi connectivity index (χ2n) is 6.71. The largest absolute Gasteiger partial charge is 0.493 e. The van der Waals surface area contributed by atoms with Crippen molar-refractivity contribution in [2.75, 3.05) is 13.7 Å². The Morgan fingerprint density at radius 3 is 2.50 bits per heavy atom. The molecule has 3 nitrogen and oxygen atoms in total. The van der Waals surface area contributed by atoms with Crippen LogP contribution in [0, 0.1) is 0 Å². The third-order valence-electron chi connectivity index (χ3n) is 4.64. The maximum atomic E-state index is 11.2. The zero-order chi connectivity index (χ0) is 18.4. The van der Waals surface area contributed by atoms with Crippen LogP contribution in [0.25, 0.3) is 17.2 Å². The van der Waals surface area contributed by atoms with Gasteiger partial charge in [0.1, 0.15) is 5.75 Å². The van der Waals surface area contributed by atoms with Crippen molar-refractivity contribution in [2.24, 2.45) is 0 Å². The molecule has 0 aliphatic heterocycles. The molecule has 2 aromatic rings. The van der Waals surface area contributed by atoms with Crippen LogP contribution in [0.1, 0.15) is 49.7 Å². The van der Waals surface area contributed by atoms with Gasteiger partial charge in [-0.05, 0) is 65.6 Å². The summed E-state index contributed by atoms with van der Waals surface area (Å²) in [5.74, 6) is 1.35. The molecular weight excluding hydrogens is 324 g/mol. The van der Waals surface area contributed by atoms with Gasteiger partial charge in [-0.25, -0.2) is 4.79 Å². The first-order valence-electron chi connectivity index (χ1n) is 9.34. The molecule has 1 aliphatic carbocycles. The quantitative estimate of drug-likeness (QED) is 0.353. The number of hydrogen-bond acceptors (Lipinski definition) is 3. The average molecular weight is 350 g/mol. The van der Waals surface area contributed by atoms with E-state index in [0.717, 1.165) is 30.8 Å². The molecule has 1 aliphatic rings. The molecule has 0 bridgehead atoms. The van der Waals surface area contributed by atoms with Gasteiger partial charge < -0.3 is 9.47 Å². The molecule has 0 amide bonds. The molecule has 0 atom stereocenters. The Balaban J connectivity index is 1.77. The van der Waals surface area contributed by atoms with Crippen LogP contribution in [0.15, 0.2) is 48.5 Å². The van der Waals surface area contributed by atoms with Crippen LogP contribution in [0.2, 0.25) is 0 Å². The number of hydrogen-bond donors (Lipinski definition) is 0. The lowest BCUT2D eigenvalue weighted by molar-refractivity contribution is -0.134. The van der Waals surface area contributed by atoms with Gasteiger partial charge >= 0.3 is 5.97 Å². The van der Waals surface area contributed by atoms with E-state index >= 15 is 0 Å². The Hall–Kier alpha value is -2.55. The zero-order valence-corrected chi connectivity index (χ0v) is 15.5. The molecule has 0 radical (unpaired) electrons. The van der Waals surface area contributed by atoms with Crippen molar-refractivity contribution in [3.8, 4) is 16.9 Å². The van der Waals surface area contributed by atoms with Crippen LogP contribution >= 0.6 is 0 Å². The van der Waals surface area contributed by atoms with Crippen LogP contribution in [0.3, 0.4) is 0 Å². The van der Waals surface area contributed by atoms with Crippen molar-refractivity contribution < 1.29 is 14.3 Å². The van der Waals surface area contributed by atoms with Gasteiger partial charge in [0.25, 0.3) is 0 Å². The molecular formula is C23H26O3. The smallest absolute Gasteiger partial charge is 0.330 e. The molecule has 2 aromatic carbocycles. The second-order valence-corrected chi connectivity index (χ2v) is 6.71. The number of methoxy groups -OCH3 is 1. The van der Waals surface area contributed by atoms with Gasteiger partial charge in [-0.3, -0.25) is 0 Å². The highest BCUT2D eigenvalue weighted by molar-refractivity contribution is 5.87. The number of carbonyl (C=O) groups excluding carboxylic acids is 1. The van der Waals surface area contributed by atoms with E-state index in [0.29, 0.717) is 5.92 Å². The standard InChI is InChI=1S/C23H26O3/c1-3-4-15-26-22-13-12-20(16-21(22)19-10-11-19)18-8-5-17(6-9-18)7-14-23(24)25-2/h5-9,12-14,16,19H,3-4,10-11,15H2,1-2H3/b14-7+. The summed E-state index contributed by atoms with van der Waals surface area (Å²) in [6.07, 6.45) is 7.94. The lowest BCUT2D eigenvalue weighted by Gasteiger charge is -2.13. The van der Waals surface area contributed by atoms with Crippen LogP contribution in [-0.2, 0) is 9.53 Å². The molecule has 136 valence electrons. The van der Waals surface area contributed by atoms with E-state index in [1.165, 1.54) is 42.7 Å². The summed E-state index contributed by atoms with van der Waals surface area (Å²) in [7, 11) is 1.38. The van der Waals surface area contributed by atoms with Gasteiger partial charge in [-0.2, -0.15) is 0 Å². The number of carbonyl (C=O) groups is 1. The number of ether oxygens (including phenoxy) is 2. The van der Waals surface area contributed by atoms with Gasteiger partial charge in [-0.1, -0.05) is 43.7 Å². The Labute approximate surface area is 155 Å². The lowest BCUT2D eigenvalue weighted by Crippen LogP contribution is -1.99. The summed E-state index contributed by atoms with van der Waals surface area (Å²) < 4.78 is 10.6. The minimum absolute atomic E-state index is 0.346. The van der Waals surface area contributed by atoms with Crippen LogP contribution in [0.4, 0.5) is 0 Å². The monoisotopic (exact) mass is 350 g/mol. The van der Waals surface area contributed by atoms with Crippen LogP contribution < -0.4 is 4.74 Å². The van der Waals surface area contributed by atoms with Gasteiger partial charge in [0.05, 0.1) is 13.7 Å². The van der Waals surface area contributed by atoms with E-state index in [-0.39, 0.29) is 5.97 Å². The minimum atomic E-state index is -0.346. The molecule has 0 N–H and O–H groups in total. The van der Waals surface area contributed by atoms with Crippen molar-refractivity contribution in [3.63, 3.8) is 0 Å². The van der Waals surface area contributed by atoms with Gasteiger partial charge in [0.15, 0.2) is 0 Å². The van der Waals surface area contributed by atoms with Crippen molar-refractivity contribution >= 4 is 12.0 Å². The van der Waals surface area contributed by atoms with E-state index in [1.807, 2.05) is 12.1 Å². The fraction of sp³-hybridized carbons (Fsp3) is 0.348. The van der Waals surface area contributed by atoms with Crippen molar-refractivity contribution in [1.82, 2.24) is 0 Å². The first-order valence-corrected chi connectivity index (χ1v) is 9.34. The molecule has 0 aromatic heterocycles. The SMILES string of the molecule is CCCCOc1ccc(-c2ccc(/C=C/C(=O)OC)cc2)cc1C1CC1. The highest BCUT2D eigenvalue weighted by Gasteiger charge is 2.27. The van der Waals surface area contributed by atoms with E-state index in [4.69, 9.17) is 4.74 Å². The van der Waals surface area contributed by atoms with Crippen LogP contribution in [0.5, 0.6) is 5.75 Å².